The number of piperazine rings is 1. The molecule has 11 heteroatoms. The van der Waals surface area contributed by atoms with Gasteiger partial charge in [0.2, 0.25) is 21.8 Å². The first-order chi connectivity index (χ1) is 14.7. The smallest absolute Gasteiger partial charge is 0.338 e. The van der Waals surface area contributed by atoms with Gasteiger partial charge in [-0.25, -0.2) is 8.42 Å². The van der Waals surface area contributed by atoms with Gasteiger partial charge in [-0.05, 0) is 37.1 Å². The predicted molar refractivity (Wildman–Crippen MR) is 111 cm³/mol. The molecule has 1 aromatic carbocycles. The third-order valence-corrected chi connectivity index (χ3v) is 7.72. The van der Waals surface area contributed by atoms with E-state index in [0.717, 1.165) is 30.7 Å². The molecule has 2 fully saturated rings. The highest BCUT2D eigenvalue weighted by Gasteiger charge is 2.41. The van der Waals surface area contributed by atoms with Gasteiger partial charge in [0.15, 0.2) is 0 Å². The summed E-state index contributed by atoms with van der Waals surface area (Å²) in [6.07, 6.45) is -3.23. The van der Waals surface area contributed by atoms with E-state index in [1.54, 1.807) is 30.6 Å². The Labute approximate surface area is 186 Å². The van der Waals surface area contributed by atoms with Gasteiger partial charge in [0.05, 0.1) is 10.5 Å². The zero-order valence-corrected chi connectivity index (χ0v) is 19.2. The second-order valence-corrected chi connectivity index (χ2v) is 11.1. The molecule has 0 spiro atoms. The van der Waals surface area contributed by atoms with Gasteiger partial charge in [-0.2, -0.15) is 17.5 Å². The highest BCUT2D eigenvalue weighted by Crippen LogP contribution is 2.31. The summed E-state index contributed by atoms with van der Waals surface area (Å²) in [4.78, 5) is 28.7. The number of sulfonamides is 1. The Hall–Kier alpha value is -2.14. The van der Waals surface area contributed by atoms with Crippen LogP contribution in [0.3, 0.4) is 0 Å². The minimum Gasteiger partial charge on any atom is -0.338 e. The lowest BCUT2D eigenvalue weighted by Gasteiger charge is -2.37. The maximum absolute atomic E-state index is 13.1. The number of likely N-dealkylation sites (tertiary alicyclic amines) is 1. The summed E-state index contributed by atoms with van der Waals surface area (Å²) in [6, 6.07) is 2.84. The van der Waals surface area contributed by atoms with Crippen molar-refractivity contribution in [1.29, 1.82) is 0 Å². The van der Waals surface area contributed by atoms with Crippen LogP contribution >= 0.6 is 0 Å². The van der Waals surface area contributed by atoms with Crippen molar-refractivity contribution in [1.82, 2.24) is 14.1 Å². The molecule has 2 amide bonds. The summed E-state index contributed by atoms with van der Waals surface area (Å²) < 4.78 is 65.0. The predicted octanol–water partition coefficient (Wildman–Crippen LogP) is 2.58. The summed E-state index contributed by atoms with van der Waals surface area (Å²) in [6.45, 7) is 6.33. The monoisotopic (exact) mass is 475 g/mol. The molecule has 0 aliphatic carbocycles. The van der Waals surface area contributed by atoms with Gasteiger partial charge in [-0.1, -0.05) is 20.8 Å². The number of hydrogen-bond donors (Lipinski definition) is 0. The molecule has 1 atom stereocenters. The molecule has 0 aromatic heterocycles. The third-order valence-electron chi connectivity index (χ3n) is 5.81. The lowest BCUT2D eigenvalue weighted by atomic mass is 9.94. The molecule has 2 aliphatic rings. The van der Waals surface area contributed by atoms with Crippen LogP contribution in [0.15, 0.2) is 29.2 Å². The molecule has 32 heavy (non-hydrogen) atoms. The molecule has 0 N–H and O–H groups in total. The Morgan fingerprint density at radius 3 is 2.00 bits per heavy atom. The van der Waals surface area contributed by atoms with Gasteiger partial charge in [-0.15, -0.1) is 0 Å². The Morgan fingerprint density at radius 2 is 1.50 bits per heavy atom. The molecule has 0 radical (unpaired) electrons. The molecular formula is C21H28F3N3O4S. The Bertz CT molecular complexity index is 963. The summed E-state index contributed by atoms with van der Waals surface area (Å²) in [5, 5.41) is 0. The summed E-state index contributed by atoms with van der Waals surface area (Å²) in [5.41, 5.74) is -1.52. The molecule has 0 unspecified atom stereocenters. The van der Waals surface area contributed by atoms with Gasteiger partial charge >= 0.3 is 6.18 Å². The molecule has 2 saturated heterocycles. The van der Waals surface area contributed by atoms with E-state index in [1.165, 1.54) is 4.31 Å². The molecule has 178 valence electrons. The van der Waals surface area contributed by atoms with E-state index in [9.17, 15) is 31.2 Å². The van der Waals surface area contributed by atoms with Crippen LogP contribution in [0.1, 0.15) is 39.2 Å². The van der Waals surface area contributed by atoms with Crippen LogP contribution in [0.4, 0.5) is 13.2 Å². The van der Waals surface area contributed by atoms with Crippen molar-refractivity contribution in [2.24, 2.45) is 5.41 Å². The first-order valence-corrected chi connectivity index (χ1v) is 11.9. The maximum Gasteiger partial charge on any atom is 0.416 e. The quantitative estimate of drug-likeness (QED) is 0.673. The molecule has 0 saturated carbocycles. The number of amides is 2. The number of nitrogens with zero attached hydrogens (tertiary/aromatic N) is 3. The van der Waals surface area contributed by atoms with Gasteiger partial charge < -0.3 is 9.80 Å². The lowest BCUT2D eigenvalue weighted by Crippen LogP contribution is -2.56. The number of benzene rings is 1. The van der Waals surface area contributed by atoms with Crippen molar-refractivity contribution < 1.29 is 31.2 Å². The fourth-order valence-corrected chi connectivity index (χ4v) is 5.44. The summed E-state index contributed by atoms with van der Waals surface area (Å²) in [7, 11) is -3.97. The second kappa shape index (κ2) is 8.66. The maximum atomic E-state index is 13.1. The number of rotatable bonds is 3. The Kier molecular flexibility index (Phi) is 6.63. The van der Waals surface area contributed by atoms with E-state index in [0.29, 0.717) is 13.0 Å². The third kappa shape index (κ3) is 4.93. The van der Waals surface area contributed by atoms with E-state index in [2.05, 4.69) is 0 Å². The molecule has 3 rings (SSSR count). The van der Waals surface area contributed by atoms with Crippen molar-refractivity contribution in [3.05, 3.63) is 29.8 Å². The average molecular weight is 476 g/mol. The highest BCUT2D eigenvalue weighted by molar-refractivity contribution is 7.89. The van der Waals surface area contributed by atoms with E-state index in [1.807, 2.05) is 0 Å². The van der Waals surface area contributed by atoms with Gasteiger partial charge in [0, 0.05) is 38.1 Å². The largest absolute Gasteiger partial charge is 0.416 e. The van der Waals surface area contributed by atoms with E-state index >= 15 is 0 Å². The zero-order valence-electron chi connectivity index (χ0n) is 18.4. The standard InChI is InChI=1S/C21H28F3N3O4S/c1-20(2,3)19(29)27-10-4-5-17(27)18(28)25-11-13-26(14-12-25)32(30,31)16-8-6-15(7-9-16)21(22,23)24/h6-9,17H,4-5,10-14H2,1-3H3/t17-/m1/s1. The normalized spacial score (nSPS) is 21.1. The van der Waals surface area contributed by atoms with E-state index in [4.69, 9.17) is 0 Å². The van der Waals surface area contributed by atoms with Gasteiger partial charge in [-0.3, -0.25) is 9.59 Å². The minimum atomic E-state index is -4.54. The van der Waals surface area contributed by atoms with Crippen LogP contribution in [-0.4, -0.2) is 73.1 Å². The van der Waals surface area contributed by atoms with Crippen LogP contribution in [0.2, 0.25) is 0 Å². The van der Waals surface area contributed by atoms with Crippen molar-refractivity contribution in [3.8, 4) is 0 Å². The fraction of sp³-hybridized carbons (Fsp3) is 0.619. The van der Waals surface area contributed by atoms with E-state index in [-0.39, 0.29) is 42.9 Å². The number of halogens is 3. The second-order valence-electron chi connectivity index (χ2n) is 9.16. The summed E-state index contributed by atoms with van der Waals surface area (Å²) in [5.74, 6) is -0.274. The molecule has 2 heterocycles. The van der Waals surface area contributed by atoms with Crippen molar-refractivity contribution in [2.45, 2.75) is 50.7 Å². The van der Waals surface area contributed by atoms with Crippen molar-refractivity contribution in [3.63, 3.8) is 0 Å². The van der Waals surface area contributed by atoms with E-state index < -0.39 is 33.2 Å². The highest BCUT2D eigenvalue weighted by atomic mass is 32.2. The van der Waals surface area contributed by atoms with Crippen molar-refractivity contribution in [2.75, 3.05) is 32.7 Å². The number of alkyl halides is 3. The SMILES string of the molecule is CC(C)(C)C(=O)N1CCC[C@@H]1C(=O)N1CCN(S(=O)(=O)c2ccc(C(F)(F)F)cc2)CC1. The average Bonchev–Trinajstić information content (AvgIpc) is 3.21. The zero-order chi connectivity index (χ0) is 23.9. The molecule has 0 bridgehead atoms. The van der Waals surface area contributed by atoms with Crippen LogP contribution in [0.5, 0.6) is 0 Å². The Balaban J connectivity index is 1.65. The molecule has 2 aliphatic heterocycles. The van der Waals surface area contributed by atoms with Gasteiger partial charge in [0.25, 0.3) is 0 Å². The number of carbonyl (C=O) groups excluding carboxylic acids is 2. The fourth-order valence-electron chi connectivity index (χ4n) is 4.02. The number of carbonyl (C=O) groups is 2. The van der Waals surface area contributed by atoms with Crippen LogP contribution in [0.25, 0.3) is 0 Å². The van der Waals surface area contributed by atoms with Crippen LogP contribution in [-0.2, 0) is 25.8 Å². The lowest BCUT2D eigenvalue weighted by molar-refractivity contribution is -0.148. The first kappa shape index (κ1) is 24.5. The summed E-state index contributed by atoms with van der Waals surface area (Å²) >= 11 is 0. The van der Waals surface area contributed by atoms with Crippen molar-refractivity contribution >= 4 is 21.8 Å². The van der Waals surface area contributed by atoms with Crippen LogP contribution < -0.4 is 0 Å². The molecule has 7 nitrogen and oxygen atoms in total. The van der Waals surface area contributed by atoms with Crippen LogP contribution in [0, 0.1) is 5.41 Å². The number of hydrogen-bond acceptors (Lipinski definition) is 4. The topological polar surface area (TPSA) is 78.0 Å². The molecular weight excluding hydrogens is 447 g/mol. The molecule has 1 aromatic rings. The first-order valence-electron chi connectivity index (χ1n) is 10.5. The Morgan fingerprint density at radius 1 is 0.938 bits per heavy atom. The minimum absolute atomic E-state index is 0.0367. The van der Waals surface area contributed by atoms with Gasteiger partial charge in [0.1, 0.15) is 6.04 Å².